The number of halogens is 3. The second-order valence-corrected chi connectivity index (χ2v) is 5.85. The lowest BCUT2D eigenvalue weighted by atomic mass is 10.2. The van der Waals surface area contributed by atoms with Crippen molar-refractivity contribution in [2.24, 2.45) is 5.10 Å². The molecule has 0 atom stereocenters. The molecule has 27 heavy (non-hydrogen) atoms. The number of hydrogen-bond acceptors (Lipinski definition) is 7. The fourth-order valence-corrected chi connectivity index (χ4v) is 2.38. The van der Waals surface area contributed by atoms with Gasteiger partial charge in [0.05, 0.1) is 16.3 Å². The van der Waals surface area contributed by atoms with Crippen molar-refractivity contribution in [3.63, 3.8) is 0 Å². The summed E-state index contributed by atoms with van der Waals surface area (Å²) in [5, 5.41) is 11.0. The van der Waals surface area contributed by atoms with Crippen molar-refractivity contribution in [1.29, 1.82) is 0 Å². The molecule has 3 rings (SSSR count). The molecule has 0 aliphatic carbocycles. The van der Waals surface area contributed by atoms with Crippen molar-refractivity contribution < 1.29 is 0 Å². The van der Waals surface area contributed by atoms with Gasteiger partial charge in [-0.15, -0.1) is 12.4 Å². The first-order chi connectivity index (χ1) is 12.7. The lowest BCUT2D eigenvalue weighted by Gasteiger charge is -2.08. The largest absolute Gasteiger partial charge is 0.357 e. The Morgan fingerprint density at radius 2 is 1.59 bits per heavy atom. The lowest BCUT2D eigenvalue weighted by Crippen LogP contribution is -2.07. The average Bonchev–Trinajstić information content (AvgIpc) is 2.66. The van der Waals surface area contributed by atoms with E-state index in [-0.39, 0.29) is 18.4 Å². The Morgan fingerprint density at radius 1 is 0.889 bits per heavy atom. The normalized spacial score (nSPS) is 10.3. The minimum Gasteiger partial charge on any atom is -0.357 e. The molecule has 0 aliphatic heterocycles. The van der Waals surface area contributed by atoms with Crippen molar-refractivity contribution in [2.45, 2.75) is 0 Å². The standard InChI is InChI=1S/C17H15Cl2N7.ClH/c1-20-15-23-16(22-12-7-3-2-4-8-12)25-17(24-15)26-21-10-11-6-5-9-13(18)14(11)19;/h2-10H,1H3,(H3,20,22,23,24,25,26);1H/b21-10-;. The predicted molar refractivity (Wildman–Crippen MR) is 114 cm³/mol. The summed E-state index contributed by atoms with van der Waals surface area (Å²) >= 11 is 12.1. The van der Waals surface area contributed by atoms with E-state index >= 15 is 0 Å². The Morgan fingerprint density at radius 3 is 2.33 bits per heavy atom. The van der Waals surface area contributed by atoms with Crippen LogP contribution >= 0.6 is 35.6 Å². The lowest BCUT2D eigenvalue weighted by molar-refractivity contribution is 1.04. The molecule has 1 heterocycles. The smallest absolute Gasteiger partial charge is 0.250 e. The molecule has 3 N–H and O–H groups in total. The summed E-state index contributed by atoms with van der Waals surface area (Å²) in [5.41, 5.74) is 4.31. The highest BCUT2D eigenvalue weighted by Gasteiger charge is 2.06. The number of para-hydroxylation sites is 1. The first-order valence-electron chi connectivity index (χ1n) is 7.64. The van der Waals surface area contributed by atoms with Crippen molar-refractivity contribution in [3.8, 4) is 0 Å². The SMILES string of the molecule is CNc1nc(N/N=C\c2cccc(Cl)c2Cl)nc(Nc2ccccc2)n1.Cl. The van der Waals surface area contributed by atoms with E-state index in [1.54, 1.807) is 31.5 Å². The molecule has 0 bridgehead atoms. The van der Waals surface area contributed by atoms with Gasteiger partial charge in [-0.2, -0.15) is 20.1 Å². The van der Waals surface area contributed by atoms with Gasteiger partial charge in [0.25, 0.3) is 0 Å². The number of anilines is 4. The molecule has 0 fully saturated rings. The third-order valence-electron chi connectivity index (χ3n) is 3.24. The Hall–Kier alpha value is -2.61. The maximum Gasteiger partial charge on any atom is 0.250 e. The van der Waals surface area contributed by atoms with Crippen molar-refractivity contribution in [2.75, 3.05) is 23.1 Å². The monoisotopic (exact) mass is 423 g/mol. The summed E-state index contributed by atoms with van der Waals surface area (Å²) in [7, 11) is 1.72. The van der Waals surface area contributed by atoms with Gasteiger partial charge in [-0.3, -0.25) is 0 Å². The molecule has 0 saturated heterocycles. The van der Waals surface area contributed by atoms with E-state index in [1.165, 1.54) is 0 Å². The Kier molecular flexibility index (Phi) is 7.60. The molecule has 7 nitrogen and oxygen atoms in total. The van der Waals surface area contributed by atoms with E-state index in [4.69, 9.17) is 23.2 Å². The van der Waals surface area contributed by atoms with Gasteiger partial charge in [0.2, 0.25) is 17.8 Å². The summed E-state index contributed by atoms with van der Waals surface area (Å²) in [6.07, 6.45) is 1.54. The molecule has 0 amide bonds. The Balaban J connectivity index is 0.00000261. The van der Waals surface area contributed by atoms with E-state index in [1.807, 2.05) is 30.3 Å². The molecule has 0 saturated carbocycles. The van der Waals surface area contributed by atoms with E-state index in [0.717, 1.165) is 5.69 Å². The first-order valence-corrected chi connectivity index (χ1v) is 8.40. The molecular weight excluding hydrogens is 409 g/mol. The number of hydrogen-bond donors (Lipinski definition) is 3. The van der Waals surface area contributed by atoms with Crippen LogP contribution in [0.15, 0.2) is 53.6 Å². The van der Waals surface area contributed by atoms with Crippen LogP contribution in [0.4, 0.5) is 23.5 Å². The first kappa shape index (κ1) is 20.7. The van der Waals surface area contributed by atoms with E-state index < -0.39 is 0 Å². The van der Waals surface area contributed by atoms with Crippen LogP contribution in [0.1, 0.15) is 5.56 Å². The van der Waals surface area contributed by atoms with Crippen LogP contribution in [0.3, 0.4) is 0 Å². The molecule has 1 aromatic heterocycles. The number of rotatable bonds is 6. The van der Waals surface area contributed by atoms with Gasteiger partial charge in [0.15, 0.2) is 0 Å². The highest BCUT2D eigenvalue weighted by molar-refractivity contribution is 6.43. The van der Waals surface area contributed by atoms with Crippen LogP contribution in [0.2, 0.25) is 10.0 Å². The van der Waals surface area contributed by atoms with E-state index in [9.17, 15) is 0 Å². The van der Waals surface area contributed by atoms with E-state index in [0.29, 0.717) is 27.5 Å². The molecule has 0 radical (unpaired) electrons. The summed E-state index contributed by atoms with van der Waals surface area (Å²) < 4.78 is 0. The fraction of sp³-hybridized carbons (Fsp3) is 0.0588. The molecule has 2 aromatic carbocycles. The number of nitrogens with one attached hydrogen (secondary N) is 3. The summed E-state index contributed by atoms with van der Waals surface area (Å²) in [6.45, 7) is 0. The van der Waals surface area contributed by atoms with Gasteiger partial charge in [-0.1, -0.05) is 53.5 Å². The zero-order valence-corrected chi connectivity index (χ0v) is 16.5. The molecular formula is C17H16Cl3N7. The Bertz CT molecular complexity index is 920. The van der Waals surface area contributed by atoms with Crippen molar-refractivity contribution in [1.82, 2.24) is 15.0 Å². The summed E-state index contributed by atoms with van der Waals surface area (Å²) in [4.78, 5) is 12.8. The highest BCUT2D eigenvalue weighted by Crippen LogP contribution is 2.24. The van der Waals surface area contributed by atoms with Crippen molar-refractivity contribution in [3.05, 3.63) is 64.1 Å². The van der Waals surface area contributed by atoms with Crippen LogP contribution < -0.4 is 16.1 Å². The highest BCUT2D eigenvalue weighted by atomic mass is 35.5. The van der Waals surface area contributed by atoms with Crippen LogP contribution in [-0.2, 0) is 0 Å². The number of hydrazone groups is 1. The molecule has 10 heteroatoms. The number of nitrogens with zero attached hydrogens (tertiary/aromatic N) is 4. The second kappa shape index (κ2) is 9.91. The maximum atomic E-state index is 6.13. The summed E-state index contributed by atoms with van der Waals surface area (Å²) in [6, 6.07) is 14.9. The third kappa shape index (κ3) is 5.68. The zero-order chi connectivity index (χ0) is 18.4. The van der Waals surface area contributed by atoms with Crippen LogP contribution in [-0.4, -0.2) is 28.2 Å². The van der Waals surface area contributed by atoms with Crippen LogP contribution in [0, 0.1) is 0 Å². The fourth-order valence-electron chi connectivity index (χ4n) is 2.02. The minimum atomic E-state index is 0. The van der Waals surface area contributed by atoms with E-state index in [2.05, 4.69) is 36.1 Å². The van der Waals surface area contributed by atoms with Gasteiger partial charge in [-0.25, -0.2) is 5.43 Å². The second-order valence-electron chi connectivity index (χ2n) is 5.06. The van der Waals surface area contributed by atoms with Gasteiger partial charge < -0.3 is 10.6 Å². The average molecular weight is 425 g/mol. The molecule has 0 aliphatic rings. The molecule has 3 aromatic rings. The molecule has 140 valence electrons. The van der Waals surface area contributed by atoms with Crippen molar-refractivity contribution >= 4 is 65.4 Å². The van der Waals surface area contributed by atoms with Gasteiger partial charge in [-0.05, 0) is 18.2 Å². The number of benzene rings is 2. The van der Waals surface area contributed by atoms with Crippen LogP contribution in [0.5, 0.6) is 0 Å². The van der Waals surface area contributed by atoms with Gasteiger partial charge >= 0.3 is 0 Å². The van der Waals surface area contributed by atoms with Gasteiger partial charge in [0.1, 0.15) is 0 Å². The van der Waals surface area contributed by atoms with Crippen LogP contribution in [0.25, 0.3) is 0 Å². The topological polar surface area (TPSA) is 87.1 Å². The molecule has 0 spiro atoms. The minimum absolute atomic E-state index is 0. The Labute approximate surface area is 172 Å². The third-order valence-corrected chi connectivity index (χ3v) is 4.07. The maximum absolute atomic E-state index is 6.13. The zero-order valence-electron chi connectivity index (χ0n) is 14.1. The quantitative estimate of drug-likeness (QED) is 0.388. The predicted octanol–water partition coefficient (Wildman–Crippen LogP) is 4.83. The summed E-state index contributed by atoms with van der Waals surface area (Å²) in [5.74, 6) is 1.06. The molecule has 0 unspecified atom stereocenters. The van der Waals surface area contributed by atoms with Gasteiger partial charge in [0, 0.05) is 18.3 Å². The number of aromatic nitrogens is 3.